The molecule has 2 rings (SSSR count). The zero-order valence-corrected chi connectivity index (χ0v) is 13.4. The highest BCUT2D eigenvalue weighted by Gasteiger charge is 2.19. The van der Waals surface area contributed by atoms with E-state index >= 15 is 0 Å². The molecule has 106 valence electrons. The number of benzene rings is 1. The Morgan fingerprint density at radius 3 is 2.65 bits per heavy atom. The molecule has 0 radical (unpaired) electrons. The van der Waals surface area contributed by atoms with Crippen LogP contribution in [0.1, 0.15) is 11.1 Å². The zero-order valence-electron chi connectivity index (χ0n) is 11.0. The van der Waals surface area contributed by atoms with E-state index in [1.54, 1.807) is 32.2 Å². The van der Waals surface area contributed by atoms with Crippen LogP contribution in [0.3, 0.4) is 0 Å². The van der Waals surface area contributed by atoms with E-state index in [-0.39, 0.29) is 4.90 Å². The van der Waals surface area contributed by atoms with Crippen LogP contribution in [-0.2, 0) is 10.0 Å². The van der Waals surface area contributed by atoms with Gasteiger partial charge < -0.3 is 5.73 Å². The number of aromatic nitrogens is 1. The van der Waals surface area contributed by atoms with Gasteiger partial charge in [-0.05, 0) is 43.2 Å². The van der Waals surface area contributed by atoms with Crippen molar-refractivity contribution >= 4 is 37.3 Å². The Balaban J connectivity index is 2.49. The lowest BCUT2D eigenvalue weighted by atomic mass is 10.2. The van der Waals surface area contributed by atoms with Gasteiger partial charge in [0.1, 0.15) is 0 Å². The van der Waals surface area contributed by atoms with Gasteiger partial charge in [0, 0.05) is 22.6 Å². The topological polar surface area (TPSA) is 85.1 Å². The summed E-state index contributed by atoms with van der Waals surface area (Å²) < 4.78 is 28.1. The van der Waals surface area contributed by atoms with Crippen molar-refractivity contribution in [2.75, 3.05) is 10.5 Å². The molecule has 3 N–H and O–H groups in total. The Hall–Kier alpha value is -1.60. The van der Waals surface area contributed by atoms with Crippen molar-refractivity contribution in [1.82, 2.24) is 4.98 Å². The van der Waals surface area contributed by atoms with E-state index in [0.717, 1.165) is 5.56 Å². The third-order valence-electron chi connectivity index (χ3n) is 2.92. The molecule has 0 spiro atoms. The van der Waals surface area contributed by atoms with Crippen LogP contribution in [-0.4, -0.2) is 13.4 Å². The summed E-state index contributed by atoms with van der Waals surface area (Å²) in [6.07, 6.45) is 3.13. The van der Waals surface area contributed by atoms with Crippen molar-refractivity contribution in [3.63, 3.8) is 0 Å². The van der Waals surface area contributed by atoms with Crippen molar-refractivity contribution in [3.8, 4) is 0 Å². The van der Waals surface area contributed by atoms with Gasteiger partial charge >= 0.3 is 0 Å². The van der Waals surface area contributed by atoms with Crippen LogP contribution < -0.4 is 10.5 Å². The van der Waals surface area contributed by atoms with Crippen LogP contribution in [0.4, 0.5) is 11.4 Å². The minimum absolute atomic E-state index is 0.153. The zero-order chi connectivity index (χ0) is 14.9. The van der Waals surface area contributed by atoms with Gasteiger partial charge in [-0.1, -0.05) is 15.9 Å². The number of nitrogens with zero attached hydrogens (tertiary/aromatic N) is 1. The molecular formula is C13H14BrN3O2S. The van der Waals surface area contributed by atoms with Crippen LogP contribution in [0, 0.1) is 13.8 Å². The number of hydrogen-bond acceptors (Lipinski definition) is 4. The smallest absolute Gasteiger partial charge is 0.262 e. The predicted octanol–water partition coefficient (Wildman–Crippen LogP) is 2.84. The second-order valence-corrected chi connectivity index (χ2v) is 6.98. The van der Waals surface area contributed by atoms with Gasteiger partial charge in [0.15, 0.2) is 0 Å². The molecule has 0 bridgehead atoms. The van der Waals surface area contributed by atoms with E-state index in [1.165, 1.54) is 12.3 Å². The first-order chi connectivity index (χ1) is 9.31. The molecule has 1 heterocycles. The maximum Gasteiger partial charge on any atom is 0.262 e. The fraction of sp³-hybridized carbons (Fsp3) is 0.154. The van der Waals surface area contributed by atoms with Crippen LogP contribution >= 0.6 is 15.9 Å². The number of rotatable bonds is 3. The first-order valence-electron chi connectivity index (χ1n) is 5.80. The van der Waals surface area contributed by atoms with Gasteiger partial charge in [-0.15, -0.1) is 0 Å². The summed E-state index contributed by atoms with van der Waals surface area (Å²) in [6, 6.07) is 4.82. The monoisotopic (exact) mass is 355 g/mol. The van der Waals surface area contributed by atoms with Gasteiger partial charge in [0.25, 0.3) is 10.0 Å². The molecule has 0 aliphatic rings. The SMILES string of the molecule is Cc1cnccc1NS(=O)(=O)c1cc(Br)cc(N)c1C. The molecule has 0 aliphatic heterocycles. The third kappa shape index (κ3) is 2.94. The maximum absolute atomic E-state index is 12.5. The van der Waals surface area contributed by atoms with Crippen LogP contribution in [0.5, 0.6) is 0 Å². The van der Waals surface area contributed by atoms with Gasteiger partial charge in [0.2, 0.25) is 0 Å². The molecule has 0 fully saturated rings. The molecule has 20 heavy (non-hydrogen) atoms. The summed E-state index contributed by atoms with van der Waals surface area (Å²) in [5, 5.41) is 0. The minimum Gasteiger partial charge on any atom is -0.398 e. The van der Waals surface area contributed by atoms with Crippen molar-refractivity contribution in [2.45, 2.75) is 18.7 Å². The van der Waals surface area contributed by atoms with Crippen LogP contribution in [0.2, 0.25) is 0 Å². The summed E-state index contributed by atoms with van der Waals surface area (Å²) in [5.74, 6) is 0. The van der Waals surface area contributed by atoms with E-state index < -0.39 is 10.0 Å². The number of aryl methyl sites for hydroxylation is 1. The molecule has 1 aromatic heterocycles. The number of nitrogens with one attached hydrogen (secondary N) is 1. The molecule has 0 unspecified atom stereocenters. The Morgan fingerprint density at radius 1 is 1.30 bits per heavy atom. The largest absolute Gasteiger partial charge is 0.398 e. The van der Waals surface area contributed by atoms with E-state index in [4.69, 9.17) is 5.73 Å². The lowest BCUT2D eigenvalue weighted by Gasteiger charge is -2.13. The number of anilines is 2. The number of hydrogen-bond donors (Lipinski definition) is 2. The van der Waals surface area contributed by atoms with E-state index in [0.29, 0.717) is 21.4 Å². The van der Waals surface area contributed by atoms with Gasteiger partial charge in [-0.3, -0.25) is 9.71 Å². The predicted molar refractivity (Wildman–Crippen MR) is 83.1 cm³/mol. The normalized spacial score (nSPS) is 11.3. The minimum atomic E-state index is -3.70. The lowest BCUT2D eigenvalue weighted by molar-refractivity contribution is 0.600. The van der Waals surface area contributed by atoms with Gasteiger partial charge in [-0.2, -0.15) is 0 Å². The summed E-state index contributed by atoms with van der Waals surface area (Å²) in [6.45, 7) is 3.46. The Kier molecular flexibility index (Phi) is 4.01. The molecule has 5 nitrogen and oxygen atoms in total. The Morgan fingerprint density at radius 2 is 2.00 bits per heavy atom. The van der Waals surface area contributed by atoms with Gasteiger partial charge in [0.05, 0.1) is 10.6 Å². The summed E-state index contributed by atoms with van der Waals surface area (Å²) in [7, 11) is -3.70. The van der Waals surface area contributed by atoms with Gasteiger partial charge in [-0.25, -0.2) is 8.42 Å². The molecule has 2 aromatic rings. The summed E-state index contributed by atoms with van der Waals surface area (Å²) in [5.41, 5.74) is 8.00. The highest BCUT2D eigenvalue weighted by molar-refractivity contribution is 9.10. The number of sulfonamides is 1. The summed E-state index contributed by atoms with van der Waals surface area (Å²) >= 11 is 3.26. The fourth-order valence-corrected chi connectivity index (χ4v) is 3.80. The average molecular weight is 356 g/mol. The Bertz CT molecular complexity index is 760. The highest BCUT2D eigenvalue weighted by atomic mass is 79.9. The molecule has 0 atom stereocenters. The number of nitrogen functional groups attached to an aromatic ring is 1. The quantitative estimate of drug-likeness (QED) is 0.829. The van der Waals surface area contributed by atoms with Crippen molar-refractivity contribution < 1.29 is 8.42 Å². The first-order valence-corrected chi connectivity index (χ1v) is 8.08. The van der Waals surface area contributed by atoms with E-state index in [1.807, 2.05) is 0 Å². The first kappa shape index (κ1) is 14.8. The Labute approximate surface area is 126 Å². The molecule has 1 aromatic carbocycles. The standard InChI is InChI=1S/C13H14BrN3O2S/c1-8-7-16-4-3-12(8)17-20(18,19)13-6-10(14)5-11(15)9(13)2/h3-7H,15H2,1-2H3,(H,16,17). The van der Waals surface area contributed by atoms with Crippen molar-refractivity contribution in [2.24, 2.45) is 0 Å². The second kappa shape index (κ2) is 5.41. The van der Waals surface area contributed by atoms with Crippen LogP contribution in [0.25, 0.3) is 0 Å². The van der Waals surface area contributed by atoms with E-state index in [2.05, 4.69) is 25.6 Å². The highest BCUT2D eigenvalue weighted by Crippen LogP contribution is 2.28. The third-order valence-corrected chi connectivity index (χ3v) is 4.87. The van der Waals surface area contributed by atoms with Crippen molar-refractivity contribution in [1.29, 1.82) is 0 Å². The molecule has 7 heteroatoms. The average Bonchev–Trinajstić information content (AvgIpc) is 2.36. The van der Waals surface area contributed by atoms with Crippen LogP contribution in [0.15, 0.2) is 40.0 Å². The summed E-state index contributed by atoms with van der Waals surface area (Å²) in [4.78, 5) is 4.08. The lowest BCUT2D eigenvalue weighted by Crippen LogP contribution is -2.15. The van der Waals surface area contributed by atoms with E-state index in [9.17, 15) is 8.42 Å². The molecule has 0 aliphatic carbocycles. The maximum atomic E-state index is 12.5. The molecule has 0 saturated carbocycles. The van der Waals surface area contributed by atoms with Crippen molar-refractivity contribution in [3.05, 3.63) is 46.2 Å². The molecular weight excluding hydrogens is 342 g/mol. The number of halogens is 1. The fourth-order valence-electron chi connectivity index (χ4n) is 1.74. The number of pyridine rings is 1. The second-order valence-electron chi connectivity index (χ2n) is 4.41. The number of nitrogens with two attached hydrogens (primary N) is 1. The molecule has 0 amide bonds. The molecule has 0 saturated heterocycles.